The molecule has 0 amide bonds. The summed E-state index contributed by atoms with van der Waals surface area (Å²) >= 11 is 0. The van der Waals surface area contributed by atoms with Crippen LogP contribution in [0.4, 0.5) is 5.82 Å². The van der Waals surface area contributed by atoms with E-state index in [0.717, 1.165) is 42.5 Å². The SMILES string of the molecule is CN(c1ncnc2[nH]ccc12)C1CC2(CC(CS(=O)(=O)c3ccccc3)C2)C1. The maximum Gasteiger partial charge on any atom is 0.178 e. The topological polar surface area (TPSA) is 79.0 Å². The monoisotopic (exact) mass is 396 g/mol. The maximum atomic E-state index is 12.6. The van der Waals surface area contributed by atoms with Gasteiger partial charge in [0.15, 0.2) is 9.84 Å². The van der Waals surface area contributed by atoms with E-state index in [1.807, 2.05) is 18.3 Å². The molecule has 3 aromatic rings. The van der Waals surface area contributed by atoms with E-state index in [1.165, 1.54) is 0 Å². The van der Waals surface area contributed by atoms with Crippen molar-refractivity contribution in [1.29, 1.82) is 0 Å². The first kappa shape index (κ1) is 17.7. The van der Waals surface area contributed by atoms with Crippen molar-refractivity contribution in [2.24, 2.45) is 11.3 Å². The zero-order chi connectivity index (χ0) is 19.4. The number of hydrogen-bond donors (Lipinski definition) is 1. The molecule has 2 aliphatic carbocycles. The summed E-state index contributed by atoms with van der Waals surface area (Å²) in [6, 6.07) is 11.3. The number of hydrogen-bond acceptors (Lipinski definition) is 5. The lowest BCUT2D eigenvalue weighted by atomic mass is 9.50. The molecule has 0 unspecified atom stereocenters. The van der Waals surface area contributed by atoms with Gasteiger partial charge in [0.2, 0.25) is 0 Å². The molecule has 2 aromatic heterocycles. The lowest BCUT2D eigenvalue weighted by Gasteiger charge is -2.59. The van der Waals surface area contributed by atoms with Gasteiger partial charge in [-0.1, -0.05) is 18.2 Å². The molecule has 0 saturated heterocycles. The Morgan fingerprint density at radius 2 is 1.86 bits per heavy atom. The van der Waals surface area contributed by atoms with Gasteiger partial charge in [0.25, 0.3) is 0 Å². The first-order valence-electron chi connectivity index (χ1n) is 9.75. The smallest absolute Gasteiger partial charge is 0.178 e. The quantitative estimate of drug-likeness (QED) is 0.715. The van der Waals surface area contributed by atoms with Crippen LogP contribution in [-0.2, 0) is 9.84 Å². The molecule has 7 heteroatoms. The summed E-state index contributed by atoms with van der Waals surface area (Å²) in [6.07, 6.45) is 7.76. The Labute approximate surface area is 164 Å². The summed E-state index contributed by atoms with van der Waals surface area (Å²) in [4.78, 5) is 14.6. The summed E-state index contributed by atoms with van der Waals surface area (Å²) < 4.78 is 25.2. The van der Waals surface area contributed by atoms with Gasteiger partial charge in [0, 0.05) is 19.3 Å². The van der Waals surface area contributed by atoms with E-state index < -0.39 is 9.84 Å². The van der Waals surface area contributed by atoms with Crippen LogP contribution in [0.2, 0.25) is 0 Å². The standard InChI is InChI=1S/C21H24N4O2S/c1-25(20-18-7-8-22-19(18)23-14-24-20)16-11-21(12-16)9-15(10-21)13-28(26,27)17-5-3-2-4-6-17/h2-8,14-16H,9-13H2,1H3,(H,22,23,24). The van der Waals surface area contributed by atoms with Gasteiger partial charge in [-0.15, -0.1) is 0 Å². The van der Waals surface area contributed by atoms with Gasteiger partial charge in [0.1, 0.15) is 17.8 Å². The second-order valence-corrected chi connectivity index (χ2v) is 10.5. The second-order valence-electron chi connectivity index (χ2n) is 8.48. The Balaban J connectivity index is 1.20. The fourth-order valence-corrected chi connectivity index (χ4v) is 6.80. The van der Waals surface area contributed by atoms with Gasteiger partial charge in [-0.05, 0) is 55.2 Å². The minimum Gasteiger partial charge on any atom is -0.356 e. The molecule has 146 valence electrons. The summed E-state index contributed by atoms with van der Waals surface area (Å²) in [7, 11) is -1.08. The number of benzene rings is 1. The molecule has 2 aliphatic rings. The Morgan fingerprint density at radius 1 is 1.11 bits per heavy atom. The third kappa shape index (κ3) is 2.89. The molecule has 0 bridgehead atoms. The summed E-state index contributed by atoms with van der Waals surface area (Å²) in [5.41, 5.74) is 1.20. The Bertz CT molecular complexity index is 1100. The molecule has 2 saturated carbocycles. The number of sulfone groups is 1. The highest BCUT2D eigenvalue weighted by molar-refractivity contribution is 7.91. The second kappa shape index (κ2) is 6.30. The predicted molar refractivity (Wildman–Crippen MR) is 109 cm³/mol. The van der Waals surface area contributed by atoms with E-state index in [2.05, 4.69) is 26.9 Å². The molecule has 2 heterocycles. The normalized spacial score (nSPS) is 26.8. The molecule has 0 atom stereocenters. The number of nitrogens with one attached hydrogen (secondary N) is 1. The third-order valence-electron chi connectivity index (χ3n) is 6.55. The van der Waals surface area contributed by atoms with Gasteiger partial charge >= 0.3 is 0 Å². The molecule has 1 N–H and O–H groups in total. The van der Waals surface area contributed by atoms with E-state index >= 15 is 0 Å². The summed E-state index contributed by atoms with van der Waals surface area (Å²) in [5.74, 6) is 1.52. The highest BCUT2D eigenvalue weighted by Crippen LogP contribution is 2.60. The number of fused-ring (bicyclic) bond motifs is 1. The van der Waals surface area contributed by atoms with Crippen molar-refractivity contribution in [1.82, 2.24) is 15.0 Å². The van der Waals surface area contributed by atoms with Gasteiger partial charge in [-0.2, -0.15) is 0 Å². The maximum absolute atomic E-state index is 12.6. The van der Waals surface area contributed by atoms with E-state index in [0.29, 0.717) is 16.4 Å². The van der Waals surface area contributed by atoms with Crippen LogP contribution in [0.3, 0.4) is 0 Å². The number of anilines is 1. The zero-order valence-corrected chi connectivity index (χ0v) is 16.7. The van der Waals surface area contributed by atoms with Crippen molar-refractivity contribution in [2.75, 3.05) is 17.7 Å². The van der Waals surface area contributed by atoms with Crippen LogP contribution in [0, 0.1) is 11.3 Å². The van der Waals surface area contributed by atoms with Crippen LogP contribution in [0.15, 0.2) is 53.8 Å². The molecule has 1 spiro atoms. The molecule has 0 radical (unpaired) electrons. The number of aromatic nitrogens is 3. The molecular formula is C21H24N4O2S. The van der Waals surface area contributed by atoms with Crippen LogP contribution in [0.5, 0.6) is 0 Å². The van der Waals surface area contributed by atoms with Crippen molar-refractivity contribution in [3.05, 3.63) is 48.9 Å². The third-order valence-corrected chi connectivity index (χ3v) is 8.45. The number of aromatic amines is 1. The van der Waals surface area contributed by atoms with Crippen LogP contribution >= 0.6 is 0 Å². The minimum atomic E-state index is -3.18. The largest absolute Gasteiger partial charge is 0.356 e. The molecule has 6 nitrogen and oxygen atoms in total. The predicted octanol–water partition coefficient (Wildman–Crippen LogP) is 3.43. The molecule has 1 aromatic carbocycles. The zero-order valence-electron chi connectivity index (χ0n) is 15.9. The van der Waals surface area contributed by atoms with Crippen molar-refractivity contribution in [3.63, 3.8) is 0 Å². The highest BCUT2D eigenvalue weighted by atomic mass is 32.2. The molecule has 5 rings (SSSR count). The fourth-order valence-electron chi connectivity index (χ4n) is 5.18. The Morgan fingerprint density at radius 3 is 2.61 bits per heavy atom. The summed E-state index contributed by atoms with van der Waals surface area (Å²) in [5, 5.41) is 1.05. The van der Waals surface area contributed by atoms with E-state index in [9.17, 15) is 8.42 Å². The van der Waals surface area contributed by atoms with E-state index in [4.69, 9.17) is 0 Å². The first-order valence-corrected chi connectivity index (χ1v) is 11.4. The lowest BCUT2D eigenvalue weighted by Crippen LogP contribution is -2.56. The van der Waals surface area contributed by atoms with Gasteiger partial charge < -0.3 is 9.88 Å². The molecule has 0 aliphatic heterocycles. The lowest BCUT2D eigenvalue weighted by molar-refractivity contribution is -0.0313. The highest BCUT2D eigenvalue weighted by Gasteiger charge is 2.54. The Kier molecular flexibility index (Phi) is 3.98. The van der Waals surface area contributed by atoms with Gasteiger partial charge in [0.05, 0.1) is 16.0 Å². The molecular weight excluding hydrogens is 372 g/mol. The van der Waals surface area contributed by atoms with Crippen LogP contribution in [0.1, 0.15) is 25.7 Å². The van der Waals surface area contributed by atoms with Crippen molar-refractivity contribution in [2.45, 2.75) is 36.6 Å². The van der Waals surface area contributed by atoms with Gasteiger partial charge in [-0.3, -0.25) is 0 Å². The number of rotatable bonds is 5. The molecule has 2 fully saturated rings. The van der Waals surface area contributed by atoms with Crippen molar-refractivity contribution >= 4 is 26.7 Å². The van der Waals surface area contributed by atoms with Gasteiger partial charge in [-0.25, -0.2) is 18.4 Å². The average molecular weight is 397 g/mol. The van der Waals surface area contributed by atoms with Crippen molar-refractivity contribution < 1.29 is 8.42 Å². The fraction of sp³-hybridized carbons (Fsp3) is 0.429. The first-order chi connectivity index (χ1) is 13.5. The van der Waals surface area contributed by atoms with Crippen LogP contribution in [0.25, 0.3) is 11.0 Å². The number of nitrogens with zero attached hydrogens (tertiary/aromatic N) is 3. The molecule has 28 heavy (non-hydrogen) atoms. The van der Waals surface area contributed by atoms with Crippen molar-refractivity contribution in [3.8, 4) is 0 Å². The Hall–Kier alpha value is -2.41. The van der Waals surface area contributed by atoms with E-state index in [1.54, 1.807) is 30.6 Å². The van der Waals surface area contributed by atoms with Crippen LogP contribution in [-0.4, -0.2) is 42.2 Å². The minimum absolute atomic E-state index is 0.273. The summed E-state index contributed by atoms with van der Waals surface area (Å²) in [6.45, 7) is 0. The van der Waals surface area contributed by atoms with Crippen LogP contribution < -0.4 is 4.90 Å². The number of H-pyrrole nitrogens is 1. The van der Waals surface area contributed by atoms with E-state index in [-0.39, 0.29) is 11.7 Å². The average Bonchev–Trinajstić information content (AvgIpc) is 3.11.